The Hall–Kier alpha value is -1.33. The van der Waals surface area contributed by atoms with E-state index < -0.39 is 0 Å². The third-order valence-corrected chi connectivity index (χ3v) is 3.91. The van der Waals surface area contributed by atoms with Crippen LogP contribution in [0.3, 0.4) is 0 Å². The molecule has 0 spiro atoms. The van der Waals surface area contributed by atoms with Gasteiger partial charge in [-0.15, -0.1) is 0 Å². The normalized spacial score (nSPS) is 10.5. The highest BCUT2D eigenvalue weighted by Gasteiger charge is 2.12. The van der Waals surface area contributed by atoms with Gasteiger partial charge in [-0.2, -0.15) is 0 Å². The van der Waals surface area contributed by atoms with Crippen molar-refractivity contribution in [3.05, 3.63) is 51.0 Å². The van der Waals surface area contributed by atoms with Gasteiger partial charge in [-0.05, 0) is 36.8 Å². The minimum atomic E-state index is 0.268. The number of nitrogens with two attached hydrogens (primary N) is 1. The minimum absolute atomic E-state index is 0.268. The zero-order valence-electron chi connectivity index (χ0n) is 13.2. The van der Waals surface area contributed by atoms with E-state index >= 15 is 0 Å². The summed E-state index contributed by atoms with van der Waals surface area (Å²) in [5.74, 6) is 1.53. The summed E-state index contributed by atoms with van der Waals surface area (Å²) in [7, 11) is 0. The molecule has 130 valence electrons. The van der Waals surface area contributed by atoms with Gasteiger partial charge in [-0.25, -0.2) is 0 Å². The van der Waals surface area contributed by atoms with Crippen molar-refractivity contribution in [1.29, 1.82) is 0 Å². The first-order valence-electron chi connectivity index (χ1n) is 7.41. The average Bonchev–Trinajstić information content (AvgIpc) is 2.56. The molecule has 4 nitrogen and oxygen atoms in total. The third kappa shape index (κ3) is 5.08. The maximum atomic E-state index is 6.25. The van der Waals surface area contributed by atoms with E-state index in [4.69, 9.17) is 54.7 Å². The Kier molecular flexibility index (Phi) is 7.31. The van der Waals surface area contributed by atoms with Gasteiger partial charge in [-0.3, -0.25) is 0 Å². The molecule has 2 aromatic rings. The van der Waals surface area contributed by atoms with E-state index in [0.717, 1.165) is 5.56 Å². The fourth-order valence-corrected chi connectivity index (χ4v) is 2.65. The lowest BCUT2D eigenvalue weighted by Crippen LogP contribution is -2.11. The number of hydrogen-bond donors (Lipinski definition) is 1. The van der Waals surface area contributed by atoms with Crippen molar-refractivity contribution in [2.45, 2.75) is 13.5 Å². The van der Waals surface area contributed by atoms with Gasteiger partial charge in [0.05, 0.1) is 16.7 Å². The fourth-order valence-electron chi connectivity index (χ4n) is 2.03. The molecule has 0 aliphatic heterocycles. The van der Waals surface area contributed by atoms with Crippen LogP contribution < -0.4 is 19.9 Å². The minimum Gasteiger partial charge on any atom is -0.490 e. The first-order chi connectivity index (χ1) is 11.5. The van der Waals surface area contributed by atoms with E-state index in [1.807, 2.05) is 13.0 Å². The van der Waals surface area contributed by atoms with Crippen LogP contribution in [0.1, 0.15) is 12.5 Å². The molecular weight excluding hydrogens is 373 g/mol. The summed E-state index contributed by atoms with van der Waals surface area (Å²) < 4.78 is 16.9. The summed E-state index contributed by atoms with van der Waals surface area (Å²) in [6.07, 6.45) is 0. The molecule has 7 heteroatoms. The standard InChI is InChI=1S/C17H18Cl3NO3/c1-2-22-16-8-11(10-21)7-14(20)17(16)24-6-5-23-15-9-12(18)3-4-13(15)19/h3-4,7-9H,2,5-6,10,21H2,1H3. The van der Waals surface area contributed by atoms with Gasteiger partial charge in [0.1, 0.15) is 19.0 Å². The Balaban J connectivity index is 2.00. The summed E-state index contributed by atoms with van der Waals surface area (Å²) in [5.41, 5.74) is 6.52. The van der Waals surface area contributed by atoms with E-state index in [1.165, 1.54) is 0 Å². The second-order valence-electron chi connectivity index (χ2n) is 4.81. The maximum absolute atomic E-state index is 6.25. The first kappa shape index (κ1) is 19.0. The van der Waals surface area contributed by atoms with Gasteiger partial charge in [-0.1, -0.05) is 34.8 Å². The van der Waals surface area contributed by atoms with Crippen LogP contribution in [0.25, 0.3) is 0 Å². The maximum Gasteiger partial charge on any atom is 0.179 e. The third-order valence-electron chi connectivity index (χ3n) is 3.09. The van der Waals surface area contributed by atoms with Gasteiger partial charge in [0.15, 0.2) is 11.5 Å². The predicted octanol–water partition coefficient (Wildman–Crippen LogP) is 4.96. The van der Waals surface area contributed by atoms with Crippen molar-refractivity contribution >= 4 is 34.8 Å². The average molecular weight is 391 g/mol. The van der Waals surface area contributed by atoms with E-state index in [0.29, 0.717) is 45.5 Å². The number of hydrogen-bond acceptors (Lipinski definition) is 4. The van der Waals surface area contributed by atoms with Crippen molar-refractivity contribution in [3.63, 3.8) is 0 Å². The molecule has 0 bridgehead atoms. The largest absolute Gasteiger partial charge is 0.490 e. The molecular formula is C17H18Cl3NO3. The van der Waals surface area contributed by atoms with E-state index in [2.05, 4.69) is 0 Å². The Morgan fingerprint density at radius 1 is 0.875 bits per heavy atom. The van der Waals surface area contributed by atoms with Crippen LogP contribution in [0.4, 0.5) is 0 Å². The number of rotatable bonds is 8. The number of halogens is 3. The van der Waals surface area contributed by atoms with Crippen molar-refractivity contribution in [1.82, 2.24) is 0 Å². The lowest BCUT2D eigenvalue weighted by Gasteiger charge is -2.15. The molecule has 0 amide bonds. The Bertz CT molecular complexity index is 695. The Labute approximate surface area is 156 Å². The van der Waals surface area contributed by atoms with Crippen molar-refractivity contribution in [3.8, 4) is 17.2 Å². The van der Waals surface area contributed by atoms with Gasteiger partial charge in [0.25, 0.3) is 0 Å². The van der Waals surface area contributed by atoms with Crippen LogP contribution in [-0.4, -0.2) is 19.8 Å². The fraction of sp³-hybridized carbons (Fsp3) is 0.294. The van der Waals surface area contributed by atoms with Gasteiger partial charge < -0.3 is 19.9 Å². The zero-order valence-corrected chi connectivity index (χ0v) is 15.4. The molecule has 0 radical (unpaired) electrons. The molecule has 0 aliphatic carbocycles. The van der Waals surface area contributed by atoms with Gasteiger partial charge >= 0.3 is 0 Å². The highest BCUT2D eigenvalue weighted by atomic mass is 35.5. The van der Waals surface area contributed by atoms with Crippen LogP contribution in [-0.2, 0) is 6.54 Å². The number of benzene rings is 2. The smallest absolute Gasteiger partial charge is 0.179 e. The molecule has 0 saturated heterocycles. The molecule has 2 aromatic carbocycles. The Morgan fingerprint density at radius 2 is 1.62 bits per heavy atom. The molecule has 0 saturated carbocycles. The summed E-state index contributed by atoms with van der Waals surface area (Å²) in [6.45, 7) is 3.30. The molecule has 0 atom stereocenters. The van der Waals surface area contributed by atoms with Crippen molar-refractivity contribution < 1.29 is 14.2 Å². The summed E-state index contributed by atoms with van der Waals surface area (Å²) in [4.78, 5) is 0. The lowest BCUT2D eigenvalue weighted by molar-refractivity contribution is 0.208. The molecule has 2 rings (SSSR count). The number of ether oxygens (including phenoxy) is 3. The van der Waals surface area contributed by atoms with Crippen LogP contribution in [0.2, 0.25) is 15.1 Å². The lowest BCUT2D eigenvalue weighted by atomic mass is 10.2. The van der Waals surface area contributed by atoms with E-state index in [1.54, 1.807) is 24.3 Å². The van der Waals surface area contributed by atoms with Crippen LogP contribution in [0, 0.1) is 0 Å². The summed E-state index contributed by atoms with van der Waals surface area (Å²) in [6, 6.07) is 8.60. The molecule has 0 unspecified atom stereocenters. The quantitative estimate of drug-likeness (QED) is 0.647. The molecule has 2 N–H and O–H groups in total. The highest BCUT2D eigenvalue weighted by Crippen LogP contribution is 2.36. The highest BCUT2D eigenvalue weighted by molar-refractivity contribution is 6.34. The zero-order chi connectivity index (χ0) is 17.5. The van der Waals surface area contributed by atoms with Gasteiger partial charge in [0, 0.05) is 17.6 Å². The van der Waals surface area contributed by atoms with Crippen LogP contribution in [0.5, 0.6) is 17.2 Å². The summed E-state index contributed by atoms with van der Waals surface area (Å²) in [5, 5.41) is 1.48. The Morgan fingerprint density at radius 3 is 2.33 bits per heavy atom. The van der Waals surface area contributed by atoms with Crippen LogP contribution in [0.15, 0.2) is 30.3 Å². The monoisotopic (exact) mass is 389 g/mol. The second kappa shape index (κ2) is 9.23. The SMILES string of the molecule is CCOc1cc(CN)cc(Cl)c1OCCOc1cc(Cl)ccc1Cl. The molecule has 0 aliphatic rings. The van der Waals surface area contributed by atoms with Crippen molar-refractivity contribution in [2.24, 2.45) is 5.73 Å². The predicted molar refractivity (Wildman–Crippen MR) is 98.0 cm³/mol. The topological polar surface area (TPSA) is 53.7 Å². The van der Waals surface area contributed by atoms with E-state index in [-0.39, 0.29) is 13.2 Å². The molecule has 0 fully saturated rings. The second-order valence-corrected chi connectivity index (χ2v) is 6.06. The van der Waals surface area contributed by atoms with Gasteiger partial charge in [0.2, 0.25) is 0 Å². The molecule has 0 heterocycles. The van der Waals surface area contributed by atoms with E-state index in [9.17, 15) is 0 Å². The van der Waals surface area contributed by atoms with Crippen molar-refractivity contribution in [2.75, 3.05) is 19.8 Å². The molecule has 0 aromatic heterocycles. The summed E-state index contributed by atoms with van der Waals surface area (Å²) >= 11 is 18.2. The molecule has 24 heavy (non-hydrogen) atoms. The van der Waals surface area contributed by atoms with Crippen LogP contribution >= 0.6 is 34.8 Å². The first-order valence-corrected chi connectivity index (χ1v) is 8.54.